The Morgan fingerprint density at radius 3 is 2.95 bits per heavy atom. The molecule has 1 aliphatic rings. The minimum Gasteiger partial charge on any atom is -0.467 e. The molecule has 0 spiro atoms. The standard InChI is InChI=1S/C16H18N2O4/c1-18(10-13-3-2-8-20-13)16(19)17-7-6-12-4-5-14-15(9-12)22-11-21-14/h2-5,8-9H,6-7,10-11H2,1H3,(H,17,19). The Hall–Kier alpha value is -2.63. The molecule has 2 aromatic rings. The Balaban J connectivity index is 1.45. The van der Waals surface area contributed by atoms with Crippen LogP contribution in [0, 0.1) is 0 Å². The van der Waals surface area contributed by atoms with Gasteiger partial charge >= 0.3 is 6.03 Å². The van der Waals surface area contributed by atoms with Gasteiger partial charge in [-0.25, -0.2) is 4.79 Å². The van der Waals surface area contributed by atoms with Crippen molar-refractivity contribution >= 4 is 6.03 Å². The molecule has 2 heterocycles. The second-order valence-corrected chi connectivity index (χ2v) is 5.10. The van der Waals surface area contributed by atoms with Crippen LogP contribution in [0.2, 0.25) is 0 Å². The zero-order valence-electron chi connectivity index (χ0n) is 12.4. The van der Waals surface area contributed by atoms with Gasteiger partial charge in [0, 0.05) is 13.6 Å². The second kappa shape index (κ2) is 6.43. The van der Waals surface area contributed by atoms with Crippen molar-refractivity contribution in [1.29, 1.82) is 0 Å². The molecule has 1 aliphatic heterocycles. The van der Waals surface area contributed by atoms with Crippen LogP contribution in [0.1, 0.15) is 11.3 Å². The molecule has 6 heteroatoms. The topological polar surface area (TPSA) is 63.9 Å². The maximum absolute atomic E-state index is 12.0. The van der Waals surface area contributed by atoms with Gasteiger partial charge in [0.25, 0.3) is 0 Å². The van der Waals surface area contributed by atoms with Crippen LogP contribution in [0.25, 0.3) is 0 Å². The molecule has 0 aliphatic carbocycles. The van der Waals surface area contributed by atoms with Crippen molar-refractivity contribution in [2.24, 2.45) is 0 Å². The first-order valence-corrected chi connectivity index (χ1v) is 7.12. The third kappa shape index (κ3) is 3.33. The van der Waals surface area contributed by atoms with E-state index in [4.69, 9.17) is 13.9 Å². The van der Waals surface area contributed by atoms with Crippen molar-refractivity contribution in [2.45, 2.75) is 13.0 Å². The minimum atomic E-state index is -0.128. The third-order valence-corrected chi connectivity index (χ3v) is 3.45. The Kier molecular flexibility index (Phi) is 4.18. The number of urea groups is 1. The highest BCUT2D eigenvalue weighted by Crippen LogP contribution is 2.32. The molecule has 1 aromatic carbocycles. The molecular weight excluding hydrogens is 284 g/mol. The predicted molar refractivity (Wildman–Crippen MR) is 79.8 cm³/mol. The summed E-state index contributed by atoms with van der Waals surface area (Å²) in [4.78, 5) is 13.6. The quantitative estimate of drug-likeness (QED) is 0.921. The number of rotatable bonds is 5. The normalized spacial score (nSPS) is 12.2. The summed E-state index contributed by atoms with van der Waals surface area (Å²) in [7, 11) is 1.73. The van der Waals surface area contributed by atoms with Gasteiger partial charge in [0.05, 0.1) is 12.8 Å². The van der Waals surface area contributed by atoms with Crippen LogP contribution in [0.15, 0.2) is 41.0 Å². The fourth-order valence-corrected chi connectivity index (χ4v) is 2.25. The number of carbonyl (C=O) groups excluding carboxylic acids is 1. The smallest absolute Gasteiger partial charge is 0.317 e. The summed E-state index contributed by atoms with van der Waals surface area (Å²) >= 11 is 0. The van der Waals surface area contributed by atoms with E-state index < -0.39 is 0 Å². The summed E-state index contributed by atoms with van der Waals surface area (Å²) in [5, 5.41) is 2.88. The summed E-state index contributed by atoms with van der Waals surface area (Å²) in [6.45, 7) is 1.27. The number of hydrogen-bond acceptors (Lipinski definition) is 4. The molecule has 2 amide bonds. The molecule has 6 nitrogen and oxygen atoms in total. The molecule has 0 unspecified atom stereocenters. The van der Waals surface area contributed by atoms with E-state index in [-0.39, 0.29) is 12.8 Å². The molecule has 116 valence electrons. The maximum Gasteiger partial charge on any atom is 0.317 e. The van der Waals surface area contributed by atoms with Crippen molar-refractivity contribution in [3.05, 3.63) is 47.9 Å². The first-order valence-electron chi connectivity index (χ1n) is 7.12. The molecule has 22 heavy (non-hydrogen) atoms. The van der Waals surface area contributed by atoms with Gasteiger partial charge in [-0.05, 0) is 36.2 Å². The number of furan rings is 1. The number of nitrogens with zero attached hydrogens (tertiary/aromatic N) is 1. The van der Waals surface area contributed by atoms with E-state index in [2.05, 4.69) is 5.32 Å². The van der Waals surface area contributed by atoms with Gasteiger partial charge in [0.15, 0.2) is 11.5 Å². The van der Waals surface area contributed by atoms with Gasteiger partial charge in [-0.1, -0.05) is 6.07 Å². The van der Waals surface area contributed by atoms with Gasteiger partial charge in [-0.15, -0.1) is 0 Å². The number of carbonyl (C=O) groups is 1. The molecule has 0 atom stereocenters. The Morgan fingerprint density at radius 1 is 1.27 bits per heavy atom. The fraction of sp³-hybridized carbons (Fsp3) is 0.312. The number of nitrogens with one attached hydrogen (secondary N) is 1. The minimum absolute atomic E-state index is 0.128. The molecule has 1 aromatic heterocycles. The number of hydrogen-bond donors (Lipinski definition) is 1. The van der Waals surface area contributed by atoms with Crippen LogP contribution in [-0.2, 0) is 13.0 Å². The molecule has 0 saturated heterocycles. The van der Waals surface area contributed by atoms with Gasteiger partial charge < -0.3 is 24.1 Å². The lowest BCUT2D eigenvalue weighted by atomic mass is 10.1. The van der Waals surface area contributed by atoms with Gasteiger partial charge in [-0.2, -0.15) is 0 Å². The third-order valence-electron chi connectivity index (χ3n) is 3.45. The first-order chi connectivity index (χ1) is 10.7. The van der Waals surface area contributed by atoms with Crippen LogP contribution in [0.5, 0.6) is 11.5 Å². The predicted octanol–water partition coefficient (Wildman–Crippen LogP) is 2.39. The van der Waals surface area contributed by atoms with E-state index in [9.17, 15) is 4.79 Å². The lowest BCUT2D eigenvalue weighted by molar-refractivity contribution is 0.174. The van der Waals surface area contributed by atoms with E-state index in [0.717, 1.165) is 29.2 Å². The van der Waals surface area contributed by atoms with Crippen LogP contribution < -0.4 is 14.8 Å². The molecular formula is C16H18N2O4. The molecule has 1 N–H and O–H groups in total. The molecule has 0 fully saturated rings. The molecule has 0 saturated carbocycles. The Morgan fingerprint density at radius 2 is 2.14 bits per heavy atom. The lowest BCUT2D eigenvalue weighted by Gasteiger charge is -2.16. The van der Waals surface area contributed by atoms with Gasteiger partial charge in [0.2, 0.25) is 6.79 Å². The van der Waals surface area contributed by atoms with Crippen LogP contribution >= 0.6 is 0 Å². The van der Waals surface area contributed by atoms with E-state index in [1.54, 1.807) is 24.3 Å². The van der Waals surface area contributed by atoms with Crippen molar-refractivity contribution < 1.29 is 18.7 Å². The van der Waals surface area contributed by atoms with Gasteiger partial charge in [0.1, 0.15) is 5.76 Å². The molecule has 0 radical (unpaired) electrons. The maximum atomic E-state index is 12.0. The highest BCUT2D eigenvalue weighted by Gasteiger charge is 2.13. The Bertz CT molecular complexity index is 640. The van der Waals surface area contributed by atoms with Crippen molar-refractivity contribution in [1.82, 2.24) is 10.2 Å². The summed E-state index contributed by atoms with van der Waals surface area (Å²) in [6, 6.07) is 9.34. The highest BCUT2D eigenvalue weighted by molar-refractivity contribution is 5.73. The van der Waals surface area contributed by atoms with Crippen LogP contribution in [-0.4, -0.2) is 31.3 Å². The lowest BCUT2D eigenvalue weighted by Crippen LogP contribution is -2.37. The average molecular weight is 302 g/mol. The summed E-state index contributed by atoms with van der Waals surface area (Å²) in [6.07, 6.45) is 2.33. The second-order valence-electron chi connectivity index (χ2n) is 5.10. The van der Waals surface area contributed by atoms with E-state index >= 15 is 0 Å². The number of ether oxygens (including phenoxy) is 2. The van der Waals surface area contributed by atoms with Crippen molar-refractivity contribution in [3.8, 4) is 11.5 Å². The fourth-order valence-electron chi connectivity index (χ4n) is 2.25. The monoisotopic (exact) mass is 302 g/mol. The van der Waals surface area contributed by atoms with Crippen LogP contribution in [0.3, 0.4) is 0 Å². The highest BCUT2D eigenvalue weighted by atomic mass is 16.7. The van der Waals surface area contributed by atoms with Crippen molar-refractivity contribution in [3.63, 3.8) is 0 Å². The Labute approximate surface area is 128 Å². The number of fused-ring (bicyclic) bond motifs is 1. The largest absolute Gasteiger partial charge is 0.467 e. The first kappa shape index (κ1) is 14.3. The summed E-state index contributed by atoms with van der Waals surface area (Å²) < 4.78 is 15.8. The molecule has 3 rings (SSSR count). The van der Waals surface area contributed by atoms with Crippen molar-refractivity contribution in [2.75, 3.05) is 20.4 Å². The summed E-state index contributed by atoms with van der Waals surface area (Å²) in [5.74, 6) is 2.29. The molecule has 0 bridgehead atoms. The number of amides is 2. The number of benzene rings is 1. The van der Waals surface area contributed by atoms with E-state index in [1.165, 1.54) is 0 Å². The zero-order valence-corrected chi connectivity index (χ0v) is 12.4. The average Bonchev–Trinajstić information content (AvgIpc) is 3.17. The van der Waals surface area contributed by atoms with Crippen LogP contribution in [0.4, 0.5) is 4.79 Å². The summed E-state index contributed by atoms with van der Waals surface area (Å²) in [5.41, 5.74) is 1.10. The van der Waals surface area contributed by atoms with E-state index in [0.29, 0.717) is 13.1 Å². The zero-order chi connectivity index (χ0) is 15.4. The van der Waals surface area contributed by atoms with Gasteiger partial charge in [-0.3, -0.25) is 0 Å². The SMILES string of the molecule is CN(Cc1ccco1)C(=O)NCCc1ccc2c(c1)OCO2. The van der Waals surface area contributed by atoms with E-state index in [1.807, 2.05) is 24.3 Å².